The van der Waals surface area contributed by atoms with E-state index in [1.807, 2.05) is 0 Å². The second-order valence-electron chi connectivity index (χ2n) is 3.84. The zero-order valence-electron chi connectivity index (χ0n) is 7.73. The predicted molar refractivity (Wildman–Crippen MR) is 51.5 cm³/mol. The van der Waals surface area contributed by atoms with Gasteiger partial charge in [-0.1, -0.05) is 0 Å². The van der Waals surface area contributed by atoms with Crippen molar-refractivity contribution in [3.63, 3.8) is 0 Å². The molecule has 4 nitrogen and oxygen atoms in total. The van der Waals surface area contributed by atoms with Gasteiger partial charge >= 0.3 is 5.97 Å². The molecule has 0 aromatic rings. The molecular weight excluding hydrogens is 190 g/mol. The molecule has 1 aliphatic rings. The first-order chi connectivity index (χ1) is 5.88. The van der Waals surface area contributed by atoms with E-state index in [9.17, 15) is 9.90 Å². The van der Waals surface area contributed by atoms with Gasteiger partial charge in [-0.2, -0.15) is 12.6 Å². The fraction of sp³-hybridized carbons (Fsp3) is 0.875. The summed E-state index contributed by atoms with van der Waals surface area (Å²) in [7, 11) is 0. The van der Waals surface area contributed by atoms with E-state index in [1.54, 1.807) is 13.8 Å². The molecular formula is C8H15NO3S. The summed E-state index contributed by atoms with van der Waals surface area (Å²) in [6, 6.07) is 0. The van der Waals surface area contributed by atoms with Crippen molar-refractivity contribution < 1.29 is 14.6 Å². The maximum Gasteiger partial charge on any atom is 0.313 e. The van der Waals surface area contributed by atoms with E-state index in [1.165, 1.54) is 0 Å². The highest BCUT2D eigenvalue weighted by atomic mass is 32.1. The highest BCUT2D eigenvalue weighted by Crippen LogP contribution is 2.32. The molecule has 1 saturated heterocycles. The van der Waals surface area contributed by atoms with Gasteiger partial charge in [0.05, 0.1) is 5.92 Å². The van der Waals surface area contributed by atoms with Crippen molar-refractivity contribution in [3.05, 3.63) is 0 Å². The lowest BCUT2D eigenvalue weighted by Crippen LogP contribution is -2.41. The lowest BCUT2D eigenvalue weighted by molar-refractivity contribution is -0.144. The second-order valence-corrected chi connectivity index (χ2v) is 5.00. The molecule has 0 radical (unpaired) electrons. The summed E-state index contributed by atoms with van der Waals surface area (Å²) in [5.41, 5.74) is 5.33. The number of carbonyl (C=O) groups is 1. The first-order valence-corrected chi connectivity index (χ1v) is 4.63. The molecule has 5 heteroatoms. The highest BCUT2D eigenvalue weighted by molar-refractivity contribution is 7.81. The molecule has 0 spiro atoms. The van der Waals surface area contributed by atoms with Crippen molar-refractivity contribution in [3.8, 4) is 0 Å². The number of esters is 1. The van der Waals surface area contributed by atoms with E-state index in [4.69, 9.17) is 10.5 Å². The molecule has 0 saturated carbocycles. The van der Waals surface area contributed by atoms with Crippen LogP contribution in [0.25, 0.3) is 0 Å². The minimum atomic E-state index is -0.843. The van der Waals surface area contributed by atoms with E-state index < -0.39 is 28.8 Å². The molecule has 76 valence electrons. The van der Waals surface area contributed by atoms with Crippen molar-refractivity contribution in [2.75, 3.05) is 6.54 Å². The van der Waals surface area contributed by atoms with Crippen LogP contribution in [0.2, 0.25) is 0 Å². The van der Waals surface area contributed by atoms with Gasteiger partial charge in [-0.05, 0) is 13.8 Å². The largest absolute Gasteiger partial charge is 0.458 e. The van der Waals surface area contributed by atoms with Crippen molar-refractivity contribution in [2.24, 2.45) is 11.7 Å². The smallest absolute Gasteiger partial charge is 0.313 e. The predicted octanol–water partition coefficient (Wildman–Crippen LogP) is -0.444. The number of hydrogen-bond donors (Lipinski definition) is 3. The molecule has 1 aliphatic heterocycles. The maximum absolute atomic E-state index is 11.2. The van der Waals surface area contributed by atoms with Gasteiger partial charge in [0.25, 0.3) is 0 Å². The summed E-state index contributed by atoms with van der Waals surface area (Å²) >= 11 is 4.25. The number of cyclic esters (lactones) is 1. The average molecular weight is 205 g/mol. The van der Waals surface area contributed by atoms with E-state index in [0.717, 1.165) is 0 Å². The van der Waals surface area contributed by atoms with Gasteiger partial charge in [-0.15, -0.1) is 0 Å². The Morgan fingerprint density at radius 1 is 1.69 bits per heavy atom. The summed E-state index contributed by atoms with van der Waals surface area (Å²) in [4.78, 5) is 11.2. The van der Waals surface area contributed by atoms with Crippen LogP contribution in [0.5, 0.6) is 0 Å². The molecule has 1 rings (SSSR count). The number of hydrogen-bond acceptors (Lipinski definition) is 5. The Labute approximate surface area is 82.9 Å². The van der Waals surface area contributed by atoms with E-state index in [-0.39, 0.29) is 6.54 Å². The lowest BCUT2D eigenvalue weighted by Gasteiger charge is -2.27. The van der Waals surface area contributed by atoms with E-state index >= 15 is 0 Å². The van der Waals surface area contributed by atoms with Gasteiger partial charge in [0.2, 0.25) is 0 Å². The molecule has 0 amide bonds. The van der Waals surface area contributed by atoms with Crippen molar-refractivity contribution in [2.45, 2.75) is 30.8 Å². The Balaban J connectivity index is 2.79. The molecule has 1 heterocycles. The summed E-state index contributed by atoms with van der Waals surface area (Å²) in [6.07, 6.45) is -1.41. The Morgan fingerprint density at radius 3 is 2.46 bits per heavy atom. The Hall–Kier alpha value is -0.260. The number of ether oxygens (including phenoxy) is 1. The topological polar surface area (TPSA) is 72.5 Å². The number of aliphatic hydroxyl groups is 1. The number of carbonyl (C=O) groups excluding carboxylic acids is 1. The third-order valence-corrected chi connectivity index (χ3v) is 2.47. The van der Waals surface area contributed by atoms with Gasteiger partial charge in [-0.25, -0.2) is 0 Å². The molecule has 3 N–H and O–H groups in total. The second kappa shape index (κ2) is 3.48. The first-order valence-electron chi connectivity index (χ1n) is 4.19. The van der Waals surface area contributed by atoms with Crippen molar-refractivity contribution in [1.29, 1.82) is 0 Å². The first kappa shape index (κ1) is 10.8. The summed E-state index contributed by atoms with van der Waals surface area (Å²) in [6.45, 7) is 3.69. The SMILES string of the molecule is CC(C)(S)C1OC(=O)C(CN)C1O. The Morgan fingerprint density at radius 2 is 2.23 bits per heavy atom. The van der Waals surface area contributed by atoms with Gasteiger partial charge < -0.3 is 15.6 Å². The zero-order valence-corrected chi connectivity index (χ0v) is 8.62. The fourth-order valence-corrected chi connectivity index (χ4v) is 1.64. The van der Waals surface area contributed by atoms with E-state index in [2.05, 4.69) is 12.6 Å². The highest BCUT2D eigenvalue weighted by Gasteiger charge is 2.48. The quantitative estimate of drug-likeness (QED) is 0.422. The molecule has 0 aliphatic carbocycles. The molecule has 0 bridgehead atoms. The van der Waals surface area contributed by atoms with Gasteiger partial charge in [0.1, 0.15) is 12.2 Å². The van der Waals surface area contributed by atoms with Crippen LogP contribution >= 0.6 is 12.6 Å². The van der Waals surface area contributed by atoms with Crippen LogP contribution in [-0.4, -0.2) is 34.6 Å². The van der Waals surface area contributed by atoms with Crippen LogP contribution in [-0.2, 0) is 9.53 Å². The van der Waals surface area contributed by atoms with Crippen LogP contribution in [0.4, 0.5) is 0 Å². The molecule has 3 unspecified atom stereocenters. The van der Waals surface area contributed by atoms with Crippen molar-refractivity contribution >= 4 is 18.6 Å². The van der Waals surface area contributed by atoms with Crippen LogP contribution in [0.1, 0.15) is 13.8 Å². The monoisotopic (exact) mass is 205 g/mol. The van der Waals surface area contributed by atoms with Gasteiger partial charge in [-0.3, -0.25) is 4.79 Å². The molecule has 13 heavy (non-hydrogen) atoms. The summed E-state index contributed by atoms with van der Waals surface area (Å²) < 4.78 is 4.45. The molecule has 0 aromatic heterocycles. The van der Waals surface area contributed by atoms with Gasteiger partial charge in [0, 0.05) is 11.3 Å². The maximum atomic E-state index is 11.2. The number of nitrogens with two attached hydrogens (primary N) is 1. The molecule has 1 fully saturated rings. The molecule has 0 aromatic carbocycles. The average Bonchev–Trinajstić information content (AvgIpc) is 2.25. The van der Waals surface area contributed by atoms with Crippen LogP contribution in [0, 0.1) is 5.92 Å². The van der Waals surface area contributed by atoms with E-state index in [0.29, 0.717) is 0 Å². The van der Waals surface area contributed by atoms with Crippen LogP contribution in [0.3, 0.4) is 0 Å². The number of aliphatic hydroxyl groups excluding tert-OH is 1. The zero-order chi connectivity index (χ0) is 10.2. The summed E-state index contributed by atoms with van der Waals surface area (Å²) in [5.74, 6) is -1.03. The minimum Gasteiger partial charge on any atom is -0.458 e. The Kier molecular flexibility index (Phi) is 2.89. The lowest BCUT2D eigenvalue weighted by atomic mass is 9.94. The number of rotatable bonds is 2. The van der Waals surface area contributed by atoms with Crippen LogP contribution in [0.15, 0.2) is 0 Å². The minimum absolute atomic E-state index is 0.111. The fourth-order valence-electron chi connectivity index (χ4n) is 1.43. The standard InChI is InChI=1S/C8H15NO3S/c1-8(2,13)6-5(10)4(3-9)7(11)12-6/h4-6,10,13H,3,9H2,1-2H3. The number of thiol groups is 1. The van der Waals surface area contributed by atoms with Crippen molar-refractivity contribution in [1.82, 2.24) is 0 Å². The Bertz CT molecular complexity index is 214. The summed E-state index contributed by atoms with van der Waals surface area (Å²) in [5, 5.41) is 9.68. The van der Waals surface area contributed by atoms with Gasteiger partial charge in [0.15, 0.2) is 0 Å². The normalized spacial score (nSPS) is 34.8. The third kappa shape index (κ3) is 1.98. The molecule has 3 atom stereocenters. The van der Waals surface area contributed by atoms with Crippen LogP contribution < -0.4 is 5.73 Å². The third-order valence-electron chi connectivity index (χ3n) is 2.22.